The zero-order chi connectivity index (χ0) is 25.5. The Morgan fingerprint density at radius 3 is 2.63 bits per heavy atom. The molecule has 186 valence electrons. The number of amidine groups is 1. The van der Waals surface area contributed by atoms with Gasteiger partial charge in [0.2, 0.25) is 5.91 Å². The molecule has 1 aliphatic heterocycles. The largest absolute Gasteiger partial charge is 0.489 e. The third-order valence-electron chi connectivity index (χ3n) is 5.49. The highest BCUT2D eigenvalue weighted by Crippen LogP contribution is 2.31. The molecule has 0 atom stereocenters. The maximum atomic E-state index is 13.4. The van der Waals surface area contributed by atoms with Gasteiger partial charge >= 0.3 is 5.97 Å². The van der Waals surface area contributed by atoms with Gasteiger partial charge in [-0.3, -0.25) is 19.8 Å². The zero-order valence-corrected chi connectivity index (χ0v) is 20.4. The van der Waals surface area contributed by atoms with Gasteiger partial charge in [0, 0.05) is 18.7 Å². The van der Waals surface area contributed by atoms with Crippen LogP contribution < -0.4 is 15.4 Å². The molecule has 0 spiro atoms. The number of nitrogens with one attached hydrogen (secondary N) is 1. The molecule has 3 rings (SSSR count). The number of anilines is 1. The average molecular weight is 481 g/mol. The van der Waals surface area contributed by atoms with E-state index in [0.717, 1.165) is 5.56 Å². The number of nitrogens with two attached hydrogens (primary N) is 1. The number of fused-ring (bicyclic) bond motifs is 1. The van der Waals surface area contributed by atoms with Crippen molar-refractivity contribution in [2.45, 2.75) is 33.8 Å². The van der Waals surface area contributed by atoms with Gasteiger partial charge in [0.1, 0.15) is 24.7 Å². The first-order valence-electron chi connectivity index (χ1n) is 11.6. The standard InChI is InChI=1S/C26H32N4O5/c1-4-34-24(32)10-11-29-15-23(31)30(14-17(2)3)22-9-8-20(13-21(22)26(29)33)35-16-18-6-5-7-19(12-18)25(27)28/h5-9,12-13,17H,4,10-11,14-16H2,1-3H3,(H3,27,28). The summed E-state index contributed by atoms with van der Waals surface area (Å²) in [5.41, 5.74) is 7.86. The Morgan fingerprint density at radius 1 is 1.17 bits per heavy atom. The molecule has 3 N–H and O–H groups in total. The normalized spacial score (nSPS) is 13.5. The summed E-state index contributed by atoms with van der Waals surface area (Å²) in [7, 11) is 0. The fourth-order valence-corrected chi connectivity index (χ4v) is 3.84. The van der Waals surface area contributed by atoms with Crippen molar-refractivity contribution in [3.8, 4) is 5.75 Å². The highest BCUT2D eigenvalue weighted by molar-refractivity contribution is 6.10. The van der Waals surface area contributed by atoms with Gasteiger partial charge in [0.05, 0.1) is 24.3 Å². The maximum Gasteiger partial charge on any atom is 0.307 e. The smallest absolute Gasteiger partial charge is 0.307 e. The monoisotopic (exact) mass is 480 g/mol. The highest BCUT2D eigenvalue weighted by Gasteiger charge is 2.32. The predicted molar refractivity (Wildman–Crippen MR) is 133 cm³/mol. The molecule has 0 unspecified atom stereocenters. The molecular weight excluding hydrogens is 448 g/mol. The van der Waals surface area contributed by atoms with Crippen molar-refractivity contribution in [3.63, 3.8) is 0 Å². The summed E-state index contributed by atoms with van der Waals surface area (Å²) in [5, 5.41) is 7.60. The number of rotatable bonds is 10. The summed E-state index contributed by atoms with van der Waals surface area (Å²) >= 11 is 0. The molecule has 0 aliphatic carbocycles. The molecular formula is C26H32N4O5. The third-order valence-corrected chi connectivity index (χ3v) is 5.49. The van der Waals surface area contributed by atoms with Crippen molar-refractivity contribution in [3.05, 3.63) is 59.2 Å². The third kappa shape index (κ3) is 6.59. The first-order chi connectivity index (χ1) is 16.7. The van der Waals surface area contributed by atoms with Gasteiger partial charge in [-0.2, -0.15) is 0 Å². The lowest BCUT2D eigenvalue weighted by Gasteiger charge is -2.24. The number of nitrogen functional groups attached to an aromatic ring is 1. The van der Waals surface area contributed by atoms with Crippen LogP contribution in [-0.2, 0) is 20.9 Å². The number of carbonyl (C=O) groups is 3. The molecule has 0 saturated heterocycles. The average Bonchev–Trinajstić information content (AvgIpc) is 2.91. The van der Waals surface area contributed by atoms with Crippen LogP contribution in [-0.4, -0.2) is 54.8 Å². The van der Waals surface area contributed by atoms with Crippen LogP contribution in [0.1, 0.15) is 48.7 Å². The molecule has 0 saturated carbocycles. The van der Waals surface area contributed by atoms with E-state index in [9.17, 15) is 14.4 Å². The number of ether oxygens (including phenoxy) is 2. The fourth-order valence-electron chi connectivity index (χ4n) is 3.84. The van der Waals surface area contributed by atoms with E-state index in [1.54, 1.807) is 48.2 Å². The Hall–Kier alpha value is -3.88. The Bertz CT molecular complexity index is 1110. The molecule has 2 aromatic carbocycles. The Kier molecular flexibility index (Phi) is 8.46. The quantitative estimate of drug-likeness (QED) is 0.306. The van der Waals surface area contributed by atoms with Crippen LogP contribution >= 0.6 is 0 Å². The number of benzene rings is 2. The van der Waals surface area contributed by atoms with E-state index in [-0.39, 0.29) is 56.3 Å². The minimum atomic E-state index is -0.416. The van der Waals surface area contributed by atoms with Crippen molar-refractivity contribution in [1.82, 2.24) is 4.90 Å². The van der Waals surface area contributed by atoms with Crippen LogP contribution in [0.25, 0.3) is 0 Å². The van der Waals surface area contributed by atoms with Gasteiger partial charge in [-0.05, 0) is 42.7 Å². The number of esters is 1. The Morgan fingerprint density at radius 2 is 1.94 bits per heavy atom. The Labute approximate surface area is 205 Å². The summed E-state index contributed by atoms with van der Waals surface area (Å²) in [6, 6.07) is 12.3. The number of carbonyl (C=O) groups excluding carboxylic acids is 3. The SMILES string of the molecule is CCOC(=O)CCN1CC(=O)N(CC(C)C)c2ccc(OCc3cccc(C(=N)N)c3)cc2C1=O. The fraction of sp³-hybridized carbons (Fsp3) is 0.385. The van der Waals surface area contributed by atoms with Crippen molar-refractivity contribution < 1.29 is 23.9 Å². The number of hydrogen-bond acceptors (Lipinski definition) is 6. The van der Waals surface area contributed by atoms with Crippen LogP contribution in [0.15, 0.2) is 42.5 Å². The van der Waals surface area contributed by atoms with Crippen LogP contribution in [0.4, 0.5) is 5.69 Å². The molecule has 0 radical (unpaired) electrons. The molecule has 0 fully saturated rings. The van der Waals surface area contributed by atoms with Gasteiger partial charge in [-0.1, -0.05) is 32.0 Å². The molecule has 9 nitrogen and oxygen atoms in total. The zero-order valence-electron chi connectivity index (χ0n) is 20.4. The van der Waals surface area contributed by atoms with E-state index in [2.05, 4.69) is 0 Å². The number of amides is 2. The summed E-state index contributed by atoms with van der Waals surface area (Å²) in [6.07, 6.45) is 0.00898. The minimum absolute atomic E-state index is 0.00898. The van der Waals surface area contributed by atoms with Gasteiger partial charge in [0.15, 0.2) is 0 Å². The van der Waals surface area contributed by atoms with E-state index in [1.807, 2.05) is 19.9 Å². The van der Waals surface area contributed by atoms with Crippen molar-refractivity contribution in [1.29, 1.82) is 5.41 Å². The number of hydrogen-bond donors (Lipinski definition) is 2. The minimum Gasteiger partial charge on any atom is -0.489 e. The van der Waals surface area contributed by atoms with Crippen molar-refractivity contribution >= 4 is 29.3 Å². The summed E-state index contributed by atoms with van der Waals surface area (Å²) < 4.78 is 10.9. The van der Waals surface area contributed by atoms with E-state index in [0.29, 0.717) is 29.1 Å². The van der Waals surface area contributed by atoms with Crippen molar-refractivity contribution in [2.75, 3.05) is 31.1 Å². The van der Waals surface area contributed by atoms with E-state index in [1.165, 1.54) is 4.90 Å². The van der Waals surface area contributed by atoms with E-state index < -0.39 is 5.97 Å². The molecule has 0 aromatic heterocycles. The molecule has 35 heavy (non-hydrogen) atoms. The molecule has 1 heterocycles. The summed E-state index contributed by atoms with van der Waals surface area (Å²) in [4.78, 5) is 41.4. The highest BCUT2D eigenvalue weighted by atomic mass is 16.5. The molecule has 1 aliphatic rings. The lowest BCUT2D eigenvalue weighted by Crippen LogP contribution is -2.41. The van der Waals surface area contributed by atoms with Crippen LogP contribution in [0.5, 0.6) is 5.75 Å². The molecule has 0 bridgehead atoms. The topological polar surface area (TPSA) is 126 Å². The second kappa shape index (κ2) is 11.5. The Balaban J connectivity index is 1.87. The number of nitrogens with zero attached hydrogens (tertiary/aromatic N) is 2. The van der Waals surface area contributed by atoms with Crippen LogP contribution in [0, 0.1) is 11.3 Å². The van der Waals surface area contributed by atoms with Gasteiger partial charge in [-0.15, -0.1) is 0 Å². The van der Waals surface area contributed by atoms with E-state index in [4.69, 9.17) is 20.6 Å². The van der Waals surface area contributed by atoms with Crippen LogP contribution in [0.3, 0.4) is 0 Å². The lowest BCUT2D eigenvalue weighted by molar-refractivity contribution is -0.143. The maximum absolute atomic E-state index is 13.4. The first-order valence-corrected chi connectivity index (χ1v) is 11.6. The van der Waals surface area contributed by atoms with Gasteiger partial charge in [0.25, 0.3) is 5.91 Å². The predicted octanol–water partition coefficient (Wildman–Crippen LogP) is 2.95. The van der Waals surface area contributed by atoms with Gasteiger partial charge in [-0.25, -0.2) is 0 Å². The second-order valence-corrected chi connectivity index (χ2v) is 8.76. The molecule has 9 heteroatoms. The van der Waals surface area contributed by atoms with Gasteiger partial charge < -0.3 is 25.0 Å². The summed E-state index contributed by atoms with van der Waals surface area (Å²) in [5.74, 6) is -0.328. The van der Waals surface area contributed by atoms with Crippen molar-refractivity contribution in [2.24, 2.45) is 11.7 Å². The second-order valence-electron chi connectivity index (χ2n) is 8.76. The molecule has 2 amide bonds. The van der Waals surface area contributed by atoms with E-state index >= 15 is 0 Å². The van der Waals surface area contributed by atoms with Crippen LogP contribution in [0.2, 0.25) is 0 Å². The summed E-state index contributed by atoms with van der Waals surface area (Å²) in [6.45, 7) is 6.63. The molecule has 2 aromatic rings. The first kappa shape index (κ1) is 25.7. The lowest BCUT2D eigenvalue weighted by atomic mass is 10.1.